The van der Waals surface area contributed by atoms with E-state index < -0.39 is 12.0 Å². The number of carbonyl (C=O) groups excluding carboxylic acids is 3. The lowest BCUT2D eigenvalue weighted by Crippen LogP contribution is -2.33. The van der Waals surface area contributed by atoms with Gasteiger partial charge < -0.3 is 9.84 Å². The van der Waals surface area contributed by atoms with Gasteiger partial charge in [0.25, 0.3) is 0 Å². The number of anilines is 1. The first-order valence-corrected chi connectivity index (χ1v) is 11.4. The van der Waals surface area contributed by atoms with Gasteiger partial charge in [-0.1, -0.05) is 47.7 Å². The number of ether oxygens (including phenoxy) is 1. The van der Waals surface area contributed by atoms with Crippen molar-refractivity contribution in [3.8, 4) is 11.5 Å². The second-order valence-electron chi connectivity index (χ2n) is 8.56. The quantitative estimate of drug-likeness (QED) is 0.209. The highest BCUT2D eigenvalue weighted by molar-refractivity contribution is 6.09. The molecule has 0 aliphatic rings. The van der Waals surface area contributed by atoms with Gasteiger partial charge in [-0.05, 0) is 49.7 Å². The number of aromatic nitrogens is 3. The molecule has 0 aliphatic carbocycles. The zero-order valence-corrected chi connectivity index (χ0v) is 20.3. The largest absolute Gasteiger partial charge is 0.507 e. The fourth-order valence-electron chi connectivity index (χ4n) is 4.31. The summed E-state index contributed by atoms with van der Waals surface area (Å²) < 4.78 is 6.96. The minimum absolute atomic E-state index is 0.0412. The van der Waals surface area contributed by atoms with E-state index in [0.29, 0.717) is 27.5 Å². The van der Waals surface area contributed by atoms with Gasteiger partial charge in [0.1, 0.15) is 17.0 Å². The summed E-state index contributed by atoms with van der Waals surface area (Å²) in [6.07, 6.45) is 0. The Kier molecular flexibility index (Phi) is 5.88. The van der Waals surface area contributed by atoms with E-state index in [-0.39, 0.29) is 28.4 Å². The van der Waals surface area contributed by atoms with Crippen LogP contribution in [0.1, 0.15) is 33.2 Å². The molecule has 9 heteroatoms. The third kappa shape index (κ3) is 4.06. The molecule has 0 aliphatic heterocycles. The molecule has 1 N–H and O–H groups in total. The molecule has 0 spiro atoms. The molecule has 0 unspecified atom stereocenters. The first-order chi connectivity index (χ1) is 17.8. The lowest BCUT2D eigenvalue weighted by molar-refractivity contribution is 0.0736. The maximum atomic E-state index is 13.4. The number of para-hydroxylation sites is 2. The van der Waals surface area contributed by atoms with Crippen LogP contribution in [0.2, 0.25) is 0 Å². The number of ketones is 1. The molecule has 37 heavy (non-hydrogen) atoms. The predicted octanol–water partition coefficient (Wildman–Crippen LogP) is 5.12. The van der Waals surface area contributed by atoms with E-state index in [1.165, 1.54) is 24.9 Å². The number of benzene rings is 4. The summed E-state index contributed by atoms with van der Waals surface area (Å²) in [5, 5.41) is 19.5. The molecule has 1 amide bonds. The number of rotatable bonds is 4. The van der Waals surface area contributed by atoms with Crippen molar-refractivity contribution in [2.24, 2.45) is 0 Å². The summed E-state index contributed by atoms with van der Waals surface area (Å²) in [5.74, 6) is -1.14. The third-order valence-electron chi connectivity index (χ3n) is 6.19. The summed E-state index contributed by atoms with van der Waals surface area (Å²) in [6.45, 7) is 3.14. The first-order valence-electron chi connectivity index (χ1n) is 11.4. The minimum Gasteiger partial charge on any atom is -0.507 e. The number of Topliss-reactive ketones (excluding diaryl/α,β-unsaturated/α-hetero) is 1. The number of phenols is 1. The van der Waals surface area contributed by atoms with E-state index in [1.807, 2.05) is 13.0 Å². The van der Waals surface area contributed by atoms with Crippen LogP contribution < -0.4 is 9.64 Å². The second-order valence-corrected chi connectivity index (χ2v) is 8.56. The SMILES string of the molecule is CC(=O)c1cc(OC(=O)c2ccccc2N(C)C(=O)n2nnc3ccccc32)c2c(C)cccc2c1O. The normalized spacial score (nSPS) is 11.0. The lowest BCUT2D eigenvalue weighted by atomic mass is 9.98. The van der Waals surface area contributed by atoms with Gasteiger partial charge in [0.15, 0.2) is 5.78 Å². The number of aromatic hydroxyl groups is 1. The fourth-order valence-corrected chi connectivity index (χ4v) is 4.31. The number of esters is 1. The molecule has 1 aromatic heterocycles. The zero-order chi connectivity index (χ0) is 26.3. The zero-order valence-electron chi connectivity index (χ0n) is 20.3. The summed E-state index contributed by atoms with van der Waals surface area (Å²) in [7, 11) is 1.53. The highest BCUT2D eigenvalue weighted by Gasteiger charge is 2.25. The number of carbonyl (C=O) groups is 3. The van der Waals surface area contributed by atoms with E-state index in [9.17, 15) is 19.5 Å². The smallest absolute Gasteiger partial charge is 0.350 e. The van der Waals surface area contributed by atoms with Gasteiger partial charge in [0.05, 0.1) is 22.3 Å². The summed E-state index contributed by atoms with van der Waals surface area (Å²) >= 11 is 0. The topological polar surface area (TPSA) is 115 Å². The lowest BCUT2D eigenvalue weighted by Gasteiger charge is -2.20. The summed E-state index contributed by atoms with van der Waals surface area (Å²) in [6, 6.07) is 19.6. The predicted molar refractivity (Wildman–Crippen MR) is 138 cm³/mol. The molecule has 4 aromatic carbocycles. The van der Waals surface area contributed by atoms with Crippen molar-refractivity contribution >= 4 is 45.3 Å². The standard InChI is InChI=1S/C28H22N4O5/c1-16-9-8-11-19-25(16)24(15-20(17(2)33)26(19)34)37-27(35)18-10-4-6-13-22(18)31(3)28(36)32-23-14-7-5-12-21(23)29-30-32/h4-15,34H,1-3H3. The van der Waals surface area contributed by atoms with E-state index in [2.05, 4.69) is 10.3 Å². The number of aryl methyl sites for hydroxylation is 1. The Morgan fingerprint density at radius 2 is 1.68 bits per heavy atom. The van der Waals surface area contributed by atoms with Gasteiger partial charge in [-0.2, -0.15) is 4.68 Å². The molecule has 5 aromatic rings. The van der Waals surface area contributed by atoms with Crippen LogP contribution in [-0.4, -0.2) is 44.9 Å². The molecular weight excluding hydrogens is 472 g/mol. The average molecular weight is 495 g/mol. The van der Waals surface area contributed by atoms with Crippen LogP contribution in [-0.2, 0) is 0 Å². The van der Waals surface area contributed by atoms with Crippen LogP contribution in [0, 0.1) is 6.92 Å². The maximum absolute atomic E-state index is 13.4. The molecule has 1 heterocycles. The monoisotopic (exact) mass is 494 g/mol. The van der Waals surface area contributed by atoms with Crippen LogP contribution in [0.3, 0.4) is 0 Å². The molecule has 0 bridgehead atoms. The highest BCUT2D eigenvalue weighted by Crippen LogP contribution is 2.38. The van der Waals surface area contributed by atoms with Crippen LogP contribution in [0.5, 0.6) is 11.5 Å². The van der Waals surface area contributed by atoms with E-state index >= 15 is 0 Å². The molecule has 0 saturated carbocycles. The Labute approximate surface area is 211 Å². The van der Waals surface area contributed by atoms with Crippen molar-refractivity contribution in [2.75, 3.05) is 11.9 Å². The van der Waals surface area contributed by atoms with E-state index in [1.54, 1.807) is 60.7 Å². The third-order valence-corrected chi connectivity index (χ3v) is 6.19. The highest BCUT2D eigenvalue weighted by atomic mass is 16.5. The molecule has 9 nitrogen and oxygen atoms in total. The number of phenolic OH excluding ortho intramolecular Hbond substituents is 1. The van der Waals surface area contributed by atoms with Gasteiger partial charge in [0.2, 0.25) is 0 Å². The van der Waals surface area contributed by atoms with Gasteiger partial charge in [-0.3, -0.25) is 9.69 Å². The van der Waals surface area contributed by atoms with E-state index in [4.69, 9.17) is 4.74 Å². The molecule has 184 valence electrons. The van der Waals surface area contributed by atoms with Crippen LogP contribution >= 0.6 is 0 Å². The van der Waals surface area contributed by atoms with Gasteiger partial charge >= 0.3 is 12.0 Å². The number of fused-ring (bicyclic) bond motifs is 2. The Balaban J connectivity index is 1.54. The Bertz CT molecular complexity index is 1720. The summed E-state index contributed by atoms with van der Waals surface area (Å²) in [5.41, 5.74) is 2.31. The van der Waals surface area contributed by atoms with E-state index in [0.717, 1.165) is 10.2 Å². The number of nitrogens with zero attached hydrogens (tertiary/aromatic N) is 4. The molecule has 0 atom stereocenters. The van der Waals surface area contributed by atoms with Crippen molar-refractivity contribution < 1.29 is 24.2 Å². The van der Waals surface area contributed by atoms with Crippen molar-refractivity contribution in [2.45, 2.75) is 13.8 Å². The molecule has 0 fully saturated rings. The Morgan fingerprint density at radius 3 is 2.46 bits per heavy atom. The Hall–Kier alpha value is -5.05. The van der Waals surface area contributed by atoms with Crippen LogP contribution in [0.4, 0.5) is 10.5 Å². The number of amides is 1. The maximum Gasteiger partial charge on any atom is 0.350 e. The molecule has 0 radical (unpaired) electrons. The minimum atomic E-state index is -0.733. The average Bonchev–Trinajstić information content (AvgIpc) is 3.33. The second kappa shape index (κ2) is 9.19. The molecule has 0 saturated heterocycles. The Morgan fingerprint density at radius 1 is 0.946 bits per heavy atom. The molecule has 5 rings (SSSR count). The van der Waals surface area contributed by atoms with Crippen molar-refractivity contribution in [3.63, 3.8) is 0 Å². The van der Waals surface area contributed by atoms with Crippen molar-refractivity contribution in [3.05, 3.63) is 89.5 Å². The van der Waals surface area contributed by atoms with Gasteiger partial charge in [-0.15, -0.1) is 5.10 Å². The van der Waals surface area contributed by atoms with Crippen LogP contribution in [0.15, 0.2) is 72.8 Å². The molecular formula is C28H22N4O5. The van der Waals surface area contributed by atoms with Gasteiger partial charge in [-0.25, -0.2) is 9.59 Å². The van der Waals surface area contributed by atoms with Gasteiger partial charge in [0, 0.05) is 17.8 Å². The van der Waals surface area contributed by atoms with Crippen LogP contribution in [0.25, 0.3) is 21.8 Å². The fraction of sp³-hybridized carbons (Fsp3) is 0.107. The van der Waals surface area contributed by atoms with Crippen molar-refractivity contribution in [1.29, 1.82) is 0 Å². The number of hydrogen-bond donors (Lipinski definition) is 1. The first kappa shape index (κ1) is 23.7. The van der Waals surface area contributed by atoms with Crippen molar-refractivity contribution in [1.82, 2.24) is 15.0 Å². The summed E-state index contributed by atoms with van der Waals surface area (Å²) in [4.78, 5) is 40.2. The number of hydrogen-bond acceptors (Lipinski definition) is 7.